The van der Waals surface area contributed by atoms with E-state index in [2.05, 4.69) is 5.10 Å². The van der Waals surface area contributed by atoms with Crippen molar-refractivity contribution in [3.8, 4) is 11.4 Å². The number of carbonyl (C=O) groups excluding carboxylic acids is 1. The maximum Gasteiger partial charge on any atom is 0.274 e. The molecule has 0 radical (unpaired) electrons. The molecule has 1 saturated heterocycles. The number of ether oxygens (including phenoxy) is 1. The molecule has 7 nitrogen and oxygen atoms in total. The van der Waals surface area contributed by atoms with E-state index in [1.807, 2.05) is 35.0 Å². The highest BCUT2D eigenvalue weighted by Crippen LogP contribution is 2.41. The highest BCUT2D eigenvalue weighted by molar-refractivity contribution is 7.91. The zero-order valence-electron chi connectivity index (χ0n) is 15.5. The first-order chi connectivity index (χ1) is 12.9. The van der Waals surface area contributed by atoms with Crippen LogP contribution in [0.3, 0.4) is 0 Å². The second-order valence-electron chi connectivity index (χ2n) is 7.31. The summed E-state index contributed by atoms with van der Waals surface area (Å²) < 4.78 is 30.5. The molecule has 1 aliphatic heterocycles. The smallest absolute Gasteiger partial charge is 0.274 e. The van der Waals surface area contributed by atoms with Gasteiger partial charge in [-0.15, -0.1) is 0 Å². The number of amides is 1. The Balaban J connectivity index is 1.62. The van der Waals surface area contributed by atoms with Gasteiger partial charge < -0.3 is 9.64 Å². The Kier molecular flexibility index (Phi) is 4.46. The number of sulfone groups is 1. The van der Waals surface area contributed by atoms with Gasteiger partial charge in [0, 0.05) is 24.7 Å². The largest absolute Gasteiger partial charge is 0.497 e. The van der Waals surface area contributed by atoms with Crippen LogP contribution in [0.5, 0.6) is 5.75 Å². The molecule has 1 saturated carbocycles. The van der Waals surface area contributed by atoms with Gasteiger partial charge in [-0.3, -0.25) is 4.79 Å². The van der Waals surface area contributed by atoms with E-state index in [0.29, 0.717) is 18.0 Å². The Bertz CT molecular complexity index is 961. The average Bonchev–Trinajstić information content (AvgIpc) is 3.31. The number of hydrogen-bond acceptors (Lipinski definition) is 5. The molecule has 144 valence electrons. The first kappa shape index (κ1) is 18.0. The van der Waals surface area contributed by atoms with Gasteiger partial charge in [0.2, 0.25) is 0 Å². The molecule has 0 N–H and O–H groups in total. The predicted molar refractivity (Wildman–Crippen MR) is 101 cm³/mol. The summed E-state index contributed by atoms with van der Waals surface area (Å²) in [5, 5.41) is 4.56. The molecule has 2 fully saturated rings. The fraction of sp³-hybridized carbons (Fsp3) is 0.474. The topological polar surface area (TPSA) is 81.5 Å². The van der Waals surface area contributed by atoms with Crippen molar-refractivity contribution < 1.29 is 17.9 Å². The van der Waals surface area contributed by atoms with E-state index < -0.39 is 9.84 Å². The van der Waals surface area contributed by atoms with Crippen LogP contribution in [0.2, 0.25) is 0 Å². The van der Waals surface area contributed by atoms with Gasteiger partial charge in [0.05, 0.1) is 24.3 Å². The third-order valence-electron chi connectivity index (χ3n) is 5.35. The van der Waals surface area contributed by atoms with Crippen LogP contribution in [-0.2, 0) is 9.84 Å². The van der Waals surface area contributed by atoms with Crippen molar-refractivity contribution in [3.05, 3.63) is 41.7 Å². The molecule has 2 aromatic rings. The van der Waals surface area contributed by atoms with Crippen molar-refractivity contribution in [1.82, 2.24) is 14.7 Å². The SMILES string of the molecule is COc1ccc(-n2nc(C(=O)N(C)C3CCS(=O)(=O)C3)cc2C2CC2)cc1. The first-order valence-corrected chi connectivity index (χ1v) is 10.9. The van der Waals surface area contributed by atoms with Crippen LogP contribution in [0.25, 0.3) is 5.69 Å². The van der Waals surface area contributed by atoms with Gasteiger partial charge >= 0.3 is 0 Å². The van der Waals surface area contributed by atoms with E-state index in [-0.39, 0.29) is 23.5 Å². The molecule has 1 aromatic heterocycles. The fourth-order valence-corrected chi connectivity index (χ4v) is 5.30. The van der Waals surface area contributed by atoms with Crippen LogP contribution in [0.4, 0.5) is 0 Å². The molecule has 2 heterocycles. The average molecular weight is 389 g/mol. The standard InChI is InChI=1S/C19H23N3O4S/c1-21(15-9-10-27(24,25)12-15)19(23)17-11-18(13-3-4-13)22(20-17)14-5-7-16(26-2)8-6-14/h5-8,11,13,15H,3-4,9-10,12H2,1-2H3. The van der Waals surface area contributed by atoms with Gasteiger partial charge in [0.25, 0.3) is 5.91 Å². The fourth-order valence-electron chi connectivity index (χ4n) is 3.53. The van der Waals surface area contributed by atoms with Gasteiger partial charge in [0.15, 0.2) is 15.5 Å². The van der Waals surface area contributed by atoms with Crippen molar-refractivity contribution in [3.63, 3.8) is 0 Å². The van der Waals surface area contributed by atoms with E-state index in [1.54, 1.807) is 14.2 Å². The zero-order chi connectivity index (χ0) is 19.2. The Hall–Kier alpha value is -2.35. The van der Waals surface area contributed by atoms with Gasteiger partial charge in [-0.1, -0.05) is 0 Å². The van der Waals surface area contributed by atoms with Crippen LogP contribution in [-0.4, -0.2) is 60.7 Å². The summed E-state index contributed by atoms with van der Waals surface area (Å²) in [5.41, 5.74) is 2.26. The third-order valence-corrected chi connectivity index (χ3v) is 7.10. The molecular formula is C19H23N3O4S. The first-order valence-electron chi connectivity index (χ1n) is 9.10. The highest BCUT2D eigenvalue weighted by atomic mass is 32.2. The van der Waals surface area contributed by atoms with Crippen LogP contribution in [0.15, 0.2) is 30.3 Å². The van der Waals surface area contributed by atoms with Crippen molar-refractivity contribution in [1.29, 1.82) is 0 Å². The monoisotopic (exact) mass is 389 g/mol. The molecule has 27 heavy (non-hydrogen) atoms. The lowest BCUT2D eigenvalue weighted by atomic mass is 10.2. The van der Waals surface area contributed by atoms with Crippen molar-refractivity contribution in [2.24, 2.45) is 0 Å². The summed E-state index contributed by atoms with van der Waals surface area (Å²) in [6.07, 6.45) is 2.66. The van der Waals surface area contributed by atoms with E-state index in [1.165, 1.54) is 4.90 Å². The lowest BCUT2D eigenvalue weighted by molar-refractivity contribution is 0.0741. The van der Waals surface area contributed by atoms with Crippen LogP contribution >= 0.6 is 0 Å². The van der Waals surface area contributed by atoms with Crippen LogP contribution < -0.4 is 4.74 Å². The number of nitrogens with zero attached hydrogens (tertiary/aromatic N) is 3. The lowest BCUT2D eigenvalue weighted by Crippen LogP contribution is -2.38. The molecular weight excluding hydrogens is 366 g/mol. The van der Waals surface area contributed by atoms with Gasteiger partial charge in [-0.05, 0) is 49.6 Å². The number of rotatable bonds is 5. The van der Waals surface area contributed by atoms with Crippen molar-refractivity contribution >= 4 is 15.7 Å². The minimum Gasteiger partial charge on any atom is -0.497 e. The maximum absolute atomic E-state index is 12.9. The number of aromatic nitrogens is 2. The molecule has 1 aromatic carbocycles. The summed E-state index contributed by atoms with van der Waals surface area (Å²) in [4.78, 5) is 14.4. The van der Waals surface area contributed by atoms with Gasteiger partial charge in [-0.25, -0.2) is 13.1 Å². The molecule has 1 aliphatic carbocycles. The lowest BCUT2D eigenvalue weighted by Gasteiger charge is -2.22. The Morgan fingerprint density at radius 3 is 2.48 bits per heavy atom. The van der Waals surface area contributed by atoms with E-state index in [0.717, 1.165) is 30.0 Å². The minimum absolute atomic E-state index is 0.0317. The van der Waals surface area contributed by atoms with E-state index in [9.17, 15) is 13.2 Å². The molecule has 1 unspecified atom stereocenters. The summed E-state index contributed by atoms with van der Waals surface area (Å²) in [6, 6.07) is 9.14. The number of hydrogen-bond donors (Lipinski definition) is 0. The summed E-state index contributed by atoms with van der Waals surface area (Å²) >= 11 is 0. The van der Waals surface area contributed by atoms with Gasteiger partial charge in [0.1, 0.15) is 5.75 Å². The number of benzene rings is 1. The van der Waals surface area contributed by atoms with Crippen molar-refractivity contribution in [2.45, 2.75) is 31.2 Å². The molecule has 0 bridgehead atoms. The Morgan fingerprint density at radius 1 is 1.22 bits per heavy atom. The highest BCUT2D eigenvalue weighted by Gasteiger charge is 2.35. The van der Waals surface area contributed by atoms with E-state index >= 15 is 0 Å². The maximum atomic E-state index is 12.9. The van der Waals surface area contributed by atoms with Gasteiger partial charge in [-0.2, -0.15) is 5.10 Å². The van der Waals surface area contributed by atoms with E-state index in [4.69, 9.17) is 4.74 Å². The Morgan fingerprint density at radius 2 is 1.93 bits per heavy atom. The normalized spacial score (nSPS) is 21.2. The molecule has 2 aliphatic rings. The van der Waals surface area contributed by atoms with Crippen molar-refractivity contribution in [2.75, 3.05) is 25.7 Å². The third kappa shape index (κ3) is 3.58. The quantitative estimate of drug-likeness (QED) is 0.781. The Labute approximate surface area is 158 Å². The minimum atomic E-state index is -3.04. The summed E-state index contributed by atoms with van der Waals surface area (Å²) in [5.74, 6) is 1.12. The summed E-state index contributed by atoms with van der Waals surface area (Å²) in [7, 11) is 0.240. The van der Waals surface area contributed by atoms with Crippen LogP contribution in [0, 0.1) is 0 Å². The number of methoxy groups -OCH3 is 1. The predicted octanol–water partition coefficient (Wildman–Crippen LogP) is 2.02. The molecule has 1 amide bonds. The second kappa shape index (κ2) is 6.67. The number of carbonyl (C=O) groups is 1. The summed E-state index contributed by atoms with van der Waals surface area (Å²) in [6.45, 7) is 0. The zero-order valence-corrected chi connectivity index (χ0v) is 16.3. The second-order valence-corrected chi connectivity index (χ2v) is 9.54. The molecule has 4 rings (SSSR count). The molecule has 8 heteroatoms. The van der Waals surface area contributed by atoms with Crippen LogP contribution in [0.1, 0.15) is 41.4 Å². The molecule has 1 atom stereocenters. The molecule has 0 spiro atoms.